The van der Waals surface area contributed by atoms with Crippen LogP contribution in [0.1, 0.15) is 6.42 Å². The van der Waals surface area contributed by atoms with Gasteiger partial charge in [-0.15, -0.1) is 0 Å². The van der Waals surface area contributed by atoms with E-state index in [0.29, 0.717) is 31.0 Å². The molecule has 0 saturated carbocycles. The van der Waals surface area contributed by atoms with Gasteiger partial charge in [0.15, 0.2) is 0 Å². The van der Waals surface area contributed by atoms with E-state index in [1.54, 1.807) is 24.6 Å². The Bertz CT molecular complexity index is 309. The highest BCUT2D eigenvalue weighted by atomic mass is 19.1. The van der Waals surface area contributed by atoms with Gasteiger partial charge in [-0.05, 0) is 6.08 Å². The Hall–Kier alpha value is -1.45. The predicted octanol–water partition coefficient (Wildman–Crippen LogP) is 1.26. The molecule has 0 fully saturated rings. The number of hydrogen-bond acceptors (Lipinski definition) is 3. The van der Waals surface area contributed by atoms with Crippen molar-refractivity contribution in [3.05, 3.63) is 36.0 Å². The van der Waals surface area contributed by atoms with Gasteiger partial charge in [-0.3, -0.25) is 0 Å². The largest absolute Gasteiger partial charge is 0.498 e. The third-order valence-electron chi connectivity index (χ3n) is 2.31. The molecule has 3 nitrogen and oxygen atoms in total. The van der Waals surface area contributed by atoms with Crippen LogP contribution in [0.2, 0.25) is 0 Å². The molecule has 1 unspecified atom stereocenters. The standard InChI is InChI=1S/C10H13FN2O/c11-9-2-1-8(12)7-10(9)13-3-5-14-6-4-13/h1,3,5,7,9H,2,4,6,12H2. The smallest absolute Gasteiger partial charge is 0.143 e. The summed E-state index contributed by atoms with van der Waals surface area (Å²) < 4.78 is 18.6. The topological polar surface area (TPSA) is 38.5 Å². The van der Waals surface area contributed by atoms with Crippen molar-refractivity contribution in [3.8, 4) is 0 Å². The quantitative estimate of drug-likeness (QED) is 0.686. The van der Waals surface area contributed by atoms with Gasteiger partial charge in [0.2, 0.25) is 0 Å². The van der Waals surface area contributed by atoms with Gasteiger partial charge in [-0.1, -0.05) is 6.08 Å². The monoisotopic (exact) mass is 196 g/mol. The Labute approximate surface area is 82.3 Å². The summed E-state index contributed by atoms with van der Waals surface area (Å²) >= 11 is 0. The molecular weight excluding hydrogens is 183 g/mol. The summed E-state index contributed by atoms with van der Waals surface area (Å²) in [6.45, 7) is 1.26. The maximum Gasteiger partial charge on any atom is 0.143 e. The van der Waals surface area contributed by atoms with Crippen LogP contribution in [0.4, 0.5) is 4.39 Å². The summed E-state index contributed by atoms with van der Waals surface area (Å²) in [5, 5.41) is 0. The fourth-order valence-electron chi connectivity index (χ4n) is 1.57. The van der Waals surface area contributed by atoms with E-state index in [0.717, 1.165) is 0 Å². The van der Waals surface area contributed by atoms with Crippen LogP contribution in [-0.2, 0) is 4.74 Å². The van der Waals surface area contributed by atoms with Crippen molar-refractivity contribution in [3.63, 3.8) is 0 Å². The van der Waals surface area contributed by atoms with E-state index >= 15 is 0 Å². The predicted molar refractivity (Wildman–Crippen MR) is 51.7 cm³/mol. The Morgan fingerprint density at radius 3 is 3.14 bits per heavy atom. The lowest BCUT2D eigenvalue weighted by Gasteiger charge is -2.29. The van der Waals surface area contributed by atoms with E-state index in [4.69, 9.17) is 10.5 Å². The second-order valence-electron chi connectivity index (χ2n) is 3.33. The molecule has 0 aromatic heterocycles. The molecule has 4 heteroatoms. The highest BCUT2D eigenvalue weighted by Gasteiger charge is 2.21. The van der Waals surface area contributed by atoms with Gasteiger partial charge in [0.05, 0.1) is 18.5 Å². The van der Waals surface area contributed by atoms with Gasteiger partial charge in [-0.25, -0.2) is 4.39 Å². The van der Waals surface area contributed by atoms with Gasteiger partial charge < -0.3 is 15.4 Å². The summed E-state index contributed by atoms with van der Waals surface area (Å²) in [4.78, 5) is 1.84. The van der Waals surface area contributed by atoms with Gasteiger partial charge in [0.1, 0.15) is 12.8 Å². The lowest BCUT2D eigenvalue weighted by Crippen LogP contribution is -2.30. The lowest BCUT2D eigenvalue weighted by atomic mass is 10.1. The van der Waals surface area contributed by atoms with Crippen LogP contribution < -0.4 is 5.73 Å². The Morgan fingerprint density at radius 1 is 1.57 bits per heavy atom. The summed E-state index contributed by atoms with van der Waals surface area (Å²) in [6.07, 6.45) is 6.11. The lowest BCUT2D eigenvalue weighted by molar-refractivity contribution is 0.176. The Kier molecular flexibility index (Phi) is 2.43. The first kappa shape index (κ1) is 9.12. The first-order chi connectivity index (χ1) is 6.77. The van der Waals surface area contributed by atoms with Crippen molar-refractivity contribution < 1.29 is 9.13 Å². The maximum absolute atomic E-state index is 13.5. The van der Waals surface area contributed by atoms with Crippen molar-refractivity contribution in [2.24, 2.45) is 5.73 Å². The van der Waals surface area contributed by atoms with Crippen molar-refractivity contribution in [2.45, 2.75) is 12.6 Å². The SMILES string of the molecule is NC1=CCC(F)C(N2C=COCC2)=C1. The molecule has 1 aliphatic carbocycles. The van der Waals surface area contributed by atoms with Crippen LogP contribution in [0.3, 0.4) is 0 Å². The van der Waals surface area contributed by atoms with Crippen LogP contribution in [0, 0.1) is 0 Å². The number of nitrogens with zero attached hydrogens (tertiary/aromatic N) is 1. The Morgan fingerprint density at radius 2 is 2.43 bits per heavy atom. The van der Waals surface area contributed by atoms with E-state index < -0.39 is 6.17 Å². The van der Waals surface area contributed by atoms with Crippen LogP contribution in [-0.4, -0.2) is 24.2 Å². The molecule has 2 aliphatic rings. The second kappa shape index (κ2) is 3.74. The van der Waals surface area contributed by atoms with Crippen LogP contribution >= 0.6 is 0 Å². The average molecular weight is 196 g/mol. The molecule has 0 spiro atoms. The number of hydrogen-bond donors (Lipinski definition) is 1. The van der Waals surface area contributed by atoms with Crippen molar-refractivity contribution in [1.82, 2.24) is 4.90 Å². The molecule has 1 atom stereocenters. The summed E-state index contributed by atoms with van der Waals surface area (Å²) in [6, 6.07) is 0. The van der Waals surface area contributed by atoms with Gasteiger partial charge >= 0.3 is 0 Å². The molecule has 0 saturated heterocycles. The van der Waals surface area contributed by atoms with E-state index in [9.17, 15) is 4.39 Å². The van der Waals surface area contributed by atoms with Gasteiger partial charge in [0, 0.05) is 18.3 Å². The first-order valence-electron chi connectivity index (χ1n) is 4.63. The number of alkyl halides is 1. The molecule has 0 bridgehead atoms. The number of ether oxygens (including phenoxy) is 1. The number of allylic oxidation sites excluding steroid dienone is 3. The van der Waals surface area contributed by atoms with E-state index in [1.165, 1.54) is 0 Å². The molecule has 0 aromatic carbocycles. The van der Waals surface area contributed by atoms with Crippen LogP contribution in [0.5, 0.6) is 0 Å². The molecule has 1 heterocycles. The molecule has 0 amide bonds. The summed E-state index contributed by atoms with van der Waals surface area (Å²) in [7, 11) is 0. The first-order valence-corrected chi connectivity index (χ1v) is 4.63. The summed E-state index contributed by atoms with van der Waals surface area (Å²) in [5.74, 6) is 0. The zero-order chi connectivity index (χ0) is 9.97. The van der Waals surface area contributed by atoms with Crippen molar-refractivity contribution in [2.75, 3.05) is 13.2 Å². The third-order valence-corrected chi connectivity index (χ3v) is 2.31. The highest BCUT2D eigenvalue weighted by Crippen LogP contribution is 2.23. The number of halogens is 1. The van der Waals surface area contributed by atoms with E-state index in [-0.39, 0.29) is 0 Å². The molecule has 0 aromatic rings. The minimum absolute atomic E-state index is 0.364. The fourth-order valence-corrected chi connectivity index (χ4v) is 1.57. The second-order valence-corrected chi connectivity index (χ2v) is 3.33. The molecular formula is C10H13FN2O. The van der Waals surface area contributed by atoms with Crippen LogP contribution in [0.15, 0.2) is 36.0 Å². The molecule has 76 valence electrons. The van der Waals surface area contributed by atoms with Gasteiger partial charge in [0.25, 0.3) is 0 Å². The zero-order valence-corrected chi connectivity index (χ0v) is 7.82. The van der Waals surface area contributed by atoms with Crippen molar-refractivity contribution >= 4 is 0 Å². The molecule has 14 heavy (non-hydrogen) atoms. The van der Waals surface area contributed by atoms with E-state index in [2.05, 4.69) is 0 Å². The zero-order valence-electron chi connectivity index (χ0n) is 7.82. The third kappa shape index (κ3) is 1.73. The molecule has 1 aliphatic heterocycles. The van der Waals surface area contributed by atoms with Crippen molar-refractivity contribution in [1.29, 1.82) is 0 Å². The molecule has 2 rings (SSSR count). The Balaban J connectivity index is 2.18. The normalized spacial score (nSPS) is 26.6. The van der Waals surface area contributed by atoms with Gasteiger partial charge in [-0.2, -0.15) is 0 Å². The minimum Gasteiger partial charge on any atom is -0.498 e. The summed E-state index contributed by atoms with van der Waals surface area (Å²) in [5.41, 5.74) is 6.89. The number of nitrogens with two attached hydrogens (primary N) is 1. The minimum atomic E-state index is -0.954. The highest BCUT2D eigenvalue weighted by molar-refractivity contribution is 5.29. The molecule has 0 radical (unpaired) electrons. The fraction of sp³-hybridized carbons (Fsp3) is 0.400. The van der Waals surface area contributed by atoms with E-state index in [1.807, 2.05) is 4.90 Å². The number of rotatable bonds is 1. The average Bonchev–Trinajstić information content (AvgIpc) is 2.23. The molecule has 2 N–H and O–H groups in total. The van der Waals surface area contributed by atoms with Crippen LogP contribution in [0.25, 0.3) is 0 Å². The maximum atomic E-state index is 13.5.